The van der Waals surface area contributed by atoms with Crippen LogP contribution in [0.2, 0.25) is 0 Å². The van der Waals surface area contributed by atoms with E-state index in [0.29, 0.717) is 11.8 Å². The quantitative estimate of drug-likeness (QED) is 0.630. The van der Waals surface area contributed by atoms with Gasteiger partial charge in [0.25, 0.3) is 5.56 Å². The molecule has 21 heavy (non-hydrogen) atoms. The van der Waals surface area contributed by atoms with Crippen LogP contribution in [0, 0.1) is 0 Å². The van der Waals surface area contributed by atoms with Crippen molar-refractivity contribution >= 4 is 28.9 Å². The number of nitrogens with one attached hydrogen (secondary N) is 1. The molecular formula is C12H16N4O4S. The van der Waals surface area contributed by atoms with Crippen LogP contribution in [0.5, 0.6) is 0 Å². The Balaban J connectivity index is 2.48. The summed E-state index contributed by atoms with van der Waals surface area (Å²) in [6.07, 6.45) is 0. The van der Waals surface area contributed by atoms with Gasteiger partial charge in [0.1, 0.15) is 5.25 Å². The Morgan fingerprint density at radius 1 is 1.38 bits per heavy atom. The number of aryl methyl sites for hydroxylation is 2. The second-order valence-electron chi connectivity index (χ2n) is 4.46. The fourth-order valence-corrected chi connectivity index (χ4v) is 2.73. The number of hydrogen-bond acceptors (Lipinski definition) is 6. The minimum Gasteiger partial charge on any atom is -0.465 e. The third-order valence-corrected chi connectivity index (χ3v) is 4.12. The van der Waals surface area contributed by atoms with Crippen LogP contribution in [-0.2, 0) is 23.6 Å². The summed E-state index contributed by atoms with van der Waals surface area (Å²) in [7, 11) is 3.19. The molecule has 1 N–H and O–H groups in total. The third-order valence-electron chi connectivity index (χ3n) is 2.99. The Bertz CT molecular complexity index is 804. The largest absolute Gasteiger partial charge is 0.465 e. The van der Waals surface area contributed by atoms with Crippen LogP contribution < -0.4 is 11.2 Å². The van der Waals surface area contributed by atoms with Gasteiger partial charge in [-0.05, 0) is 13.8 Å². The molecule has 0 aliphatic carbocycles. The van der Waals surface area contributed by atoms with Gasteiger partial charge in [-0.1, -0.05) is 11.8 Å². The summed E-state index contributed by atoms with van der Waals surface area (Å²) in [5.41, 5.74) is -0.459. The van der Waals surface area contributed by atoms with Crippen molar-refractivity contribution in [2.75, 3.05) is 6.61 Å². The smallest absolute Gasteiger partial charge is 0.329 e. The van der Waals surface area contributed by atoms with E-state index in [2.05, 4.69) is 9.97 Å². The lowest BCUT2D eigenvalue weighted by Gasteiger charge is -2.09. The molecule has 1 atom stereocenters. The van der Waals surface area contributed by atoms with Crippen LogP contribution in [0.1, 0.15) is 13.8 Å². The lowest BCUT2D eigenvalue weighted by atomic mass is 10.5. The summed E-state index contributed by atoms with van der Waals surface area (Å²) in [4.78, 5) is 41.6. The molecule has 1 unspecified atom stereocenters. The van der Waals surface area contributed by atoms with E-state index in [-0.39, 0.29) is 17.1 Å². The minimum atomic E-state index is -0.527. The molecule has 0 spiro atoms. The first-order chi connectivity index (χ1) is 9.86. The van der Waals surface area contributed by atoms with Gasteiger partial charge in [-0.15, -0.1) is 0 Å². The number of thioether (sulfide) groups is 1. The molecule has 0 aliphatic heterocycles. The van der Waals surface area contributed by atoms with Gasteiger partial charge >= 0.3 is 11.7 Å². The SMILES string of the molecule is CCOC(=O)C(C)Sc1nc2c(c(=O)[nH]c(=O)n2C)n1C. The molecular weight excluding hydrogens is 296 g/mol. The van der Waals surface area contributed by atoms with E-state index in [0.717, 1.165) is 0 Å². The van der Waals surface area contributed by atoms with Crippen LogP contribution in [0.25, 0.3) is 11.2 Å². The zero-order valence-electron chi connectivity index (χ0n) is 12.2. The summed E-state index contributed by atoms with van der Waals surface area (Å²) in [5, 5.41) is 0.00817. The summed E-state index contributed by atoms with van der Waals surface area (Å²) >= 11 is 1.18. The Labute approximate surface area is 124 Å². The van der Waals surface area contributed by atoms with Gasteiger partial charge in [0.05, 0.1) is 6.61 Å². The van der Waals surface area contributed by atoms with Gasteiger partial charge in [-0.2, -0.15) is 0 Å². The number of rotatable bonds is 4. The molecule has 9 heteroatoms. The highest BCUT2D eigenvalue weighted by atomic mass is 32.2. The fourth-order valence-electron chi connectivity index (χ4n) is 1.86. The van der Waals surface area contributed by atoms with Gasteiger partial charge in [-0.25, -0.2) is 9.78 Å². The summed E-state index contributed by atoms with van der Waals surface area (Å²) < 4.78 is 7.76. The zero-order valence-corrected chi connectivity index (χ0v) is 13.0. The van der Waals surface area contributed by atoms with Crippen molar-refractivity contribution in [3.8, 4) is 0 Å². The normalized spacial score (nSPS) is 12.6. The molecule has 2 rings (SSSR count). The van der Waals surface area contributed by atoms with Crippen molar-refractivity contribution < 1.29 is 9.53 Å². The van der Waals surface area contributed by atoms with E-state index < -0.39 is 16.5 Å². The van der Waals surface area contributed by atoms with Crippen molar-refractivity contribution in [3.05, 3.63) is 20.8 Å². The number of esters is 1. The highest BCUT2D eigenvalue weighted by Crippen LogP contribution is 2.24. The van der Waals surface area contributed by atoms with E-state index in [1.807, 2.05) is 0 Å². The van der Waals surface area contributed by atoms with Gasteiger partial charge in [0.15, 0.2) is 16.3 Å². The number of carbonyl (C=O) groups excluding carboxylic acids is 1. The molecule has 0 fully saturated rings. The highest BCUT2D eigenvalue weighted by Gasteiger charge is 2.21. The average molecular weight is 312 g/mol. The maximum Gasteiger partial charge on any atom is 0.329 e. The number of carbonyl (C=O) groups is 1. The second-order valence-corrected chi connectivity index (χ2v) is 5.76. The van der Waals surface area contributed by atoms with Crippen molar-refractivity contribution in [2.45, 2.75) is 24.3 Å². The molecule has 0 bridgehead atoms. The van der Waals surface area contributed by atoms with E-state index in [9.17, 15) is 14.4 Å². The predicted octanol–water partition coefficient (Wildman–Crippen LogP) is 0.00400. The van der Waals surface area contributed by atoms with Gasteiger partial charge in [0.2, 0.25) is 0 Å². The number of aromatic nitrogens is 4. The summed E-state index contributed by atoms with van der Waals surface area (Å²) in [6, 6.07) is 0. The van der Waals surface area contributed by atoms with Crippen molar-refractivity contribution in [1.29, 1.82) is 0 Å². The third kappa shape index (κ3) is 2.73. The molecule has 0 aliphatic rings. The maximum atomic E-state index is 11.9. The van der Waals surface area contributed by atoms with E-state index >= 15 is 0 Å². The average Bonchev–Trinajstić information content (AvgIpc) is 2.74. The van der Waals surface area contributed by atoms with Crippen molar-refractivity contribution in [2.24, 2.45) is 14.1 Å². The highest BCUT2D eigenvalue weighted by molar-refractivity contribution is 8.00. The van der Waals surface area contributed by atoms with Crippen LogP contribution in [0.4, 0.5) is 0 Å². The Kier molecular flexibility index (Phi) is 4.21. The molecule has 0 saturated carbocycles. The summed E-state index contributed by atoms with van der Waals surface area (Å²) in [6.45, 7) is 3.74. The number of fused-ring (bicyclic) bond motifs is 1. The number of nitrogens with zero attached hydrogens (tertiary/aromatic N) is 3. The van der Waals surface area contributed by atoms with Crippen molar-refractivity contribution in [3.63, 3.8) is 0 Å². The Morgan fingerprint density at radius 3 is 2.67 bits per heavy atom. The molecule has 0 saturated heterocycles. The number of H-pyrrole nitrogens is 1. The lowest BCUT2D eigenvalue weighted by Crippen LogP contribution is -2.29. The van der Waals surface area contributed by atoms with Gasteiger partial charge in [-0.3, -0.25) is 19.1 Å². The van der Waals surface area contributed by atoms with Crippen LogP contribution in [0.3, 0.4) is 0 Å². The minimum absolute atomic E-state index is 0.282. The second kappa shape index (κ2) is 5.76. The number of aromatic amines is 1. The molecule has 2 aromatic heterocycles. The molecule has 0 radical (unpaired) electrons. The first kappa shape index (κ1) is 15.4. The number of hydrogen-bond donors (Lipinski definition) is 1. The molecule has 114 valence electrons. The standard InChI is InChI=1S/C12H16N4O4S/c1-5-20-10(18)6(2)21-12-13-8-7(15(12)3)9(17)14-11(19)16(8)4/h6H,5H2,1-4H3,(H,14,17,19). The molecule has 2 heterocycles. The Hall–Kier alpha value is -2.03. The molecule has 8 nitrogen and oxygen atoms in total. The number of imidazole rings is 1. The van der Waals surface area contributed by atoms with Crippen LogP contribution >= 0.6 is 11.8 Å². The van der Waals surface area contributed by atoms with Gasteiger partial charge in [0, 0.05) is 14.1 Å². The van der Waals surface area contributed by atoms with Crippen LogP contribution in [-0.4, -0.2) is 36.9 Å². The predicted molar refractivity (Wildman–Crippen MR) is 78.5 cm³/mol. The number of ether oxygens (including phenoxy) is 1. The topological polar surface area (TPSA) is 99.0 Å². The first-order valence-electron chi connectivity index (χ1n) is 6.35. The van der Waals surface area contributed by atoms with E-state index in [4.69, 9.17) is 4.74 Å². The van der Waals surface area contributed by atoms with Crippen LogP contribution in [0.15, 0.2) is 14.7 Å². The van der Waals surface area contributed by atoms with E-state index in [1.165, 1.54) is 23.4 Å². The van der Waals surface area contributed by atoms with Gasteiger partial charge < -0.3 is 9.30 Å². The zero-order chi connectivity index (χ0) is 15.7. The monoisotopic (exact) mass is 312 g/mol. The first-order valence-corrected chi connectivity index (χ1v) is 7.23. The molecule has 0 aromatic carbocycles. The van der Waals surface area contributed by atoms with Crippen molar-refractivity contribution in [1.82, 2.24) is 19.1 Å². The maximum absolute atomic E-state index is 11.9. The molecule has 2 aromatic rings. The summed E-state index contributed by atoms with van der Waals surface area (Å²) in [5.74, 6) is -0.350. The Morgan fingerprint density at radius 2 is 2.05 bits per heavy atom. The van der Waals surface area contributed by atoms with E-state index in [1.54, 1.807) is 25.5 Å². The lowest BCUT2D eigenvalue weighted by molar-refractivity contribution is -0.142. The fraction of sp³-hybridized carbons (Fsp3) is 0.500. The molecule has 0 amide bonds.